The molecule has 476 valence electrons. The molecule has 0 aliphatic heterocycles. The fourth-order valence-corrected chi connectivity index (χ4v) is 7.75. The number of unbranched alkanes of at least 4 members (excludes halogenated alkanes) is 6. The van der Waals surface area contributed by atoms with E-state index in [0.29, 0.717) is 191 Å². The van der Waals surface area contributed by atoms with Gasteiger partial charge in [-0.2, -0.15) is 0 Å². The molecule has 0 amide bonds. The Morgan fingerprint density at radius 2 is 0.580 bits per heavy atom. The van der Waals surface area contributed by atoms with E-state index in [9.17, 15) is 14.4 Å². The van der Waals surface area contributed by atoms with E-state index in [-0.39, 0.29) is 19.8 Å². The minimum absolute atomic E-state index is 0.227. The molecule has 4 rings (SSSR count). The Labute approximate surface area is 519 Å². The first-order valence-corrected chi connectivity index (χ1v) is 29.9. The van der Waals surface area contributed by atoms with Crippen molar-refractivity contribution in [1.82, 2.24) is 0 Å². The van der Waals surface area contributed by atoms with Crippen LogP contribution in [0.25, 0.3) is 35.4 Å². The molecule has 0 bridgehead atoms. The van der Waals surface area contributed by atoms with Crippen molar-refractivity contribution in [2.45, 2.75) is 77.0 Å². The number of hydrogen-bond donors (Lipinski definition) is 0. The number of ether oxygens (including phenoxy) is 9. The Morgan fingerprint density at radius 3 is 0.886 bits per heavy atom. The van der Waals surface area contributed by atoms with Crippen LogP contribution < -0.4 is 28.4 Å². The number of rotatable bonds is 53. The Hall–Kier alpha value is -8.23. The minimum atomic E-state index is -0.481. The number of hydrogen-bond acceptors (Lipinski definition) is 18. The van der Waals surface area contributed by atoms with Gasteiger partial charge < -0.3 is 42.6 Å². The maximum atomic E-state index is 11.7. The second kappa shape index (κ2) is 46.9. The molecule has 0 spiro atoms. The van der Waals surface area contributed by atoms with Gasteiger partial charge in [-0.05, 0) is 124 Å². The summed E-state index contributed by atoms with van der Waals surface area (Å²) < 4.78 is 54.0. The third-order valence-electron chi connectivity index (χ3n) is 12.3. The highest BCUT2D eigenvalue weighted by Crippen LogP contribution is 2.43. The monoisotopic (exact) mass is 1220 g/mol. The van der Waals surface area contributed by atoms with E-state index in [1.807, 2.05) is 48.6 Å². The maximum absolute atomic E-state index is 11.7. The lowest BCUT2D eigenvalue weighted by Gasteiger charge is -2.19. The van der Waals surface area contributed by atoms with E-state index in [4.69, 9.17) is 72.0 Å². The van der Waals surface area contributed by atoms with Crippen molar-refractivity contribution < 1.29 is 86.3 Å². The van der Waals surface area contributed by atoms with Crippen LogP contribution in [0.1, 0.15) is 99.3 Å². The average Bonchev–Trinajstić information content (AvgIpc) is 3.67. The van der Waals surface area contributed by atoms with Crippen LogP contribution in [0.4, 0.5) is 0 Å². The fraction of sp³-hybridized carbons (Fsp3) is 0.386. The zero-order valence-electron chi connectivity index (χ0n) is 50.9. The summed E-state index contributed by atoms with van der Waals surface area (Å²) >= 11 is 0. The highest BCUT2D eigenvalue weighted by atomic mass is 17.2. The molecular formula is C70H88O18. The standard InChI is InChI=1S/C70H88O18/c1-7-41-83-86-53-22-19-45-75-63-40-38-60(67(79-49-17-15-47-77-65(72)11-5)70(63)82-52-21-24-55-88-85-43-9-3)35-29-56-25-31-58(32-26-56)59-33-27-57(28-34-59)30-36-61-37-39-62(74-44-13-14-46-76-64(71)10-4)69(81-51-18-16-48-78-66(73)12-6)68(61)80-50-20-23-54-87-84-42-8-2/h7-12,25-40H,1-6,13-24,41-55H2. The summed E-state index contributed by atoms with van der Waals surface area (Å²) in [5.41, 5.74) is 5.53. The largest absolute Gasteiger partial charge is 0.490 e. The molecule has 4 aromatic rings. The lowest BCUT2D eigenvalue weighted by atomic mass is 10.0. The summed E-state index contributed by atoms with van der Waals surface area (Å²) in [6.45, 7) is 26.1. The molecule has 0 fully saturated rings. The first kappa shape index (κ1) is 72.2. The van der Waals surface area contributed by atoms with Gasteiger partial charge in [0.15, 0.2) is 23.0 Å². The number of esters is 3. The number of carbonyl (C=O) groups is 3. The van der Waals surface area contributed by atoms with E-state index in [0.717, 1.165) is 51.6 Å². The van der Waals surface area contributed by atoms with Gasteiger partial charge in [0.05, 0.1) is 79.3 Å². The molecule has 0 saturated carbocycles. The molecule has 0 saturated heterocycles. The highest BCUT2D eigenvalue weighted by molar-refractivity contribution is 5.82. The molecule has 0 atom stereocenters. The van der Waals surface area contributed by atoms with Crippen LogP contribution >= 0.6 is 0 Å². The molecular weight excluding hydrogens is 1130 g/mol. The first-order chi connectivity index (χ1) is 43.2. The van der Waals surface area contributed by atoms with Gasteiger partial charge in [-0.15, -0.1) is 19.7 Å². The molecule has 18 heteroatoms. The van der Waals surface area contributed by atoms with E-state index in [2.05, 4.69) is 88.0 Å². The SMILES string of the molecule is C=CCOOCCCCOc1ccc(C=Cc2ccc(-c3ccc(C=Cc4ccc(OCCCCOC(=O)C=C)c(OCCCCOC(=O)C=C)c4OCCCCOOCC=C)cc3)cc2)c(OCCCCOC(=O)C=C)c1OCCCCOOCC=C. The van der Waals surface area contributed by atoms with Gasteiger partial charge in [-0.1, -0.05) is 111 Å². The Bertz CT molecular complexity index is 2750. The lowest BCUT2D eigenvalue weighted by Crippen LogP contribution is -2.09. The van der Waals surface area contributed by atoms with Crippen molar-refractivity contribution >= 4 is 42.2 Å². The predicted molar refractivity (Wildman–Crippen MR) is 341 cm³/mol. The smallest absolute Gasteiger partial charge is 0.330 e. The van der Waals surface area contributed by atoms with Gasteiger partial charge in [0.1, 0.15) is 19.8 Å². The van der Waals surface area contributed by atoms with E-state index in [1.165, 1.54) is 0 Å². The fourth-order valence-electron chi connectivity index (χ4n) is 7.75. The van der Waals surface area contributed by atoms with Crippen LogP contribution in [0.2, 0.25) is 0 Å². The summed E-state index contributed by atoms with van der Waals surface area (Å²) in [4.78, 5) is 65.7. The third kappa shape index (κ3) is 30.4. The number of carbonyl (C=O) groups excluding carboxylic acids is 3. The van der Waals surface area contributed by atoms with Crippen molar-refractivity contribution in [2.75, 3.05) is 99.1 Å². The van der Waals surface area contributed by atoms with Crippen LogP contribution in [0.15, 0.2) is 149 Å². The van der Waals surface area contributed by atoms with Crippen molar-refractivity contribution in [1.29, 1.82) is 0 Å². The topological polar surface area (TPSA) is 190 Å². The van der Waals surface area contributed by atoms with Crippen LogP contribution in [0, 0.1) is 0 Å². The van der Waals surface area contributed by atoms with Gasteiger partial charge in [0, 0.05) is 29.4 Å². The Balaban J connectivity index is 1.56. The molecule has 0 aliphatic carbocycles. The molecule has 88 heavy (non-hydrogen) atoms. The quantitative estimate of drug-likeness (QED) is 0.00592. The van der Waals surface area contributed by atoms with Crippen LogP contribution in [-0.2, 0) is 57.9 Å². The van der Waals surface area contributed by atoms with E-state index < -0.39 is 17.9 Å². The molecule has 0 unspecified atom stereocenters. The van der Waals surface area contributed by atoms with Crippen molar-refractivity contribution in [3.63, 3.8) is 0 Å². The summed E-state index contributed by atoms with van der Waals surface area (Å²) in [5, 5.41) is 0. The van der Waals surface area contributed by atoms with Crippen molar-refractivity contribution in [2.24, 2.45) is 0 Å². The molecule has 0 aromatic heterocycles. The van der Waals surface area contributed by atoms with Gasteiger partial charge in [0.2, 0.25) is 11.5 Å². The maximum Gasteiger partial charge on any atom is 0.330 e. The Morgan fingerprint density at radius 1 is 0.295 bits per heavy atom. The second-order valence-electron chi connectivity index (χ2n) is 19.2. The van der Waals surface area contributed by atoms with Crippen molar-refractivity contribution in [3.05, 3.63) is 171 Å². The average molecular weight is 1220 g/mol. The predicted octanol–water partition coefficient (Wildman–Crippen LogP) is 14.2. The first-order valence-electron chi connectivity index (χ1n) is 29.9. The number of benzene rings is 4. The molecule has 0 N–H and O–H groups in total. The summed E-state index contributed by atoms with van der Waals surface area (Å²) in [7, 11) is 0. The van der Waals surface area contributed by atoms with Crippen molar-refractivity contribution in [3.8, 4) is 45.6 Å². The molecule has 0 heterocycles. The van der Waals surface area contributed by atoms with Gasteiger partial charge in [-0.25, -0.2) is 43.7 Å². The van der Waals surface area contributed by atoms with Crippen LogP contribution in [-0.4, -0.2) is 117 Å². The normalized spacial score (nSPS) is 11.0. The second-order valence-corrected chi connectivity index (χ2v) is 19.2. The van der Waals surface area contributed by atoms with Gasteiger partial charge in [-0.3, -0.25) is 0 Å². The Kier molecular flexibility index (Phi) is 38.5. The lowest BCUT2D eigenvalue weighted by molar-refractivity contribution is -0.286. The third-order valence-corrected chi connectivity index (χ3v) is 12.3. The van der Waals surface area contributed by atoms with Crippen LogP contribution in [0.5, 0.6) is 34.5 Å². The van der Waals surface area contributed by atoms with E-state index >= 15 is 0 Å². The molecule has 0 aliphatic rings. The van der Waals surface area contributed by atoms with Crippen LogP contribution in [0.3, 0.4) is 0 Å². The highest BCUT2D eigenvalue weighted by Gasteiger charge is 2.20. The minimum Gasteiger partial charge on any atom is -0.490 e. The van der Waals surface area contributed by atoms with E-state index in [1.54, 1.807) is 18.2 Å². The summed E-state index contributed by atoms with van der Waals surface area (Å²) in [6.07, 6.45) is 23.9. The molecule has 18 nitrogen and oxygen atoms in total. The van der Waals surface area contributed by atoms with Gasteiger partial charge in [0.25, 0.3) is 0 Å². The van der Waals surface area contributed by atoms with Gasteiger partial charge >= 0.3 is 17.9 Å². The zero-order chi connectivity index (χ0) is 62.9. The summed E-state index contributed by atoms with van der Waals surface area (Å²) in [5.74, 6) is 1.56. The summed E-state index contributed by atoms with van der Waals surface area (Å²) in [6, 6.07) is 24.2. The molecule has 4 aromatic carbocycles. The molecule has 0 radical (unpaired) electrons. The zero-order valence-corrected chi connectivity index (χ0v) is 50.9.